The first-order valence-corrected chi connectivity index (χ1v) is 10.1. The molecule has 0 saturated carbocycles. The summed E-state index contributed by atoms with van der Waals surface area (Å²) in [5.41, 5.74) is 11.3. The number of piperidine rings is 1. The van der Waals surface area contributed by atoms with Crippen molar-refractivity contribution in [3.05, 3.63) is 83.7 Å². The fraction of sp³-hybridized carbons (Fsp3) is 0.200. The van der Waals surface area contributed by atoms with Crippen LogP contribution in [0.15, 0.2) is 66.9 Å². The molecule has 4 rings (SSSR count). The van der Waals surface area contributed by atoms with E-state index in [2.05, 4.69) is 34.3 Å². The summed E-state index contributed by atoms with van der Waals surface area (Å²) in [5, 5.41) is 3.40. The molecule has 0 spiro atoms. The number of carbonyl (C=O) groups is 1. The fourth-order valence-electron chi connectivity index (χ4n) is 3.48. The van der Waals surface area contributed by atoms with Gasteiger partial charge in [-0.05, 0) is 66.8 Å². The van der Waals surface area contributed by atoms with Crippen LogP contribution in [0.3, 0.4) is 0 Å². The van der Waals surface area contributed by atoms with Crippen LogP contribution in [0.25, 0.3) is 0 Å². The Morgan fingerprint density at radius 3 is 2.67 bits per heavy atom. The topological polar surface area (TPSA) is 71.2 Å². The van der Waals surface area contributed by atoms with Crippen molar-refractivity contribution in [2.75, 3.05) is 22.5 Å². The molecule has 1 amide bonds. The number of nitrogens with two attached hydrogens (primary N) is 1. The van der Waals surface area contributed by atoms with Crippen molar-refractivity contribution in [3.8, 4) is 11.8 Å². The van der Waals surface area contributed by atoms with Gasteiger partial charge in [-0.15, -0.1) is 0 Å². The molecule has 5 heteroatoms. The lowest BCUT2D eigenvalue weighted by Gasteiger charge is -2.26. The van der Waals surface area contributed by atoms with E-state index in [-0.39, 0.29) is 5.91 Å². The van der Waals surface area contributed by atoms with Crippen molar-refractivity contribution < 1.29 is 4.79 Å². The van der Waals surface area contributed by atoms with Crippen molar-refractivity contribution in [1.82, 2.24) is 4.98 Å². The van der Waals surface area contributed by atoms with Crippen molar-refractivity contribution in [2.24, 2.45) is 0 Å². The Hall–Kier alpha value is -3.78. The maximum absolute atomic E-state index is 12.1. The molecule has 30 heavy (non-hydrogen) atoms. The zero-order chi connectivity index (χ0) is 20.8. The highest BCUT2D eigenvalue weighted by Gasteiger charge is 2.19. The first-order valence-electron chi connectivity index (χ1n) is 10.1. The first-order chi connectivity index (χ1) is 14.7. The van der Waals surface area contributed by atoms with E-state index in [1.165, 1.54) is 0 Å². The molecule has 3 N–H and O–H groups in total. The van der Waals surface area contributed by atoms with Gasteiger partial charge in [0, 0.05) is 48.3 Å². The van der Waals surface area contributed by atoms with Crippen LogP contribution >= 0.6 is 0 Å². The monoisotopic (exact) mass is 396 g/mol. The molecule has 3 aromatic rings. The molecule has 0 radical (unpaired) electrons. The summed E-state index contributed by atoms with van der Waals surface area (Å²) in [6.45, 7) is 1.47. The Morgan fingerprint density at radius 1 is 1.03 bits per heavy atom. The summed E-state index contributed by atoms with van der Waals surface area (Å²) in [4.78, 5) is 18.2. The van der Waals surface area contributed by atoms with E-state index in [0.717, 1.165) is 47.6 Å². The van der Waals surface area contributed by atoms with Gasteiger partial charge in [-0.1, -0.05) is 24.1 Å². The lowest BCUT2D eigenvalue weighted by atomic mass is 10.1. The normalized spacial score (nSPS) is 13.5. The van der Waals surface area contributed by atoms with Gasteiger partial charge in [0.15, 0.2) is 0 Å². The zero-order valence-electron chi connectivity index (χ0n) is 16.8. The molecule has 1 saturated heterocycles. The smallest absolute Gasteiger partial charge is 0.226 e. The van der Waals surface area contributed by atoms with E-state index in [0.29, 0.717) is 18.7 Å². The number of pyridine rings is 1. The molecule has 1 aromatic heterocycles. The molecule has 0 aliphatic carbocycles. The molecule has 1 aliphatic rings. The van der Waals surface area contributed by atoms with Gasteiger partial charge >= 0.3 is 0 Å². The third kappa shape index (κ3) is 4.98. The molecule has 2 aromatic carbocycles. The SMILES string of the molecule is Nc1cc(C#Cc2ccccn2)cc(NCc2ccc(N3CCCCC3=O)cc2)c1. The Kier molecular flexibility index (Phi) is 5.95. The van der Waals surface area contributed by atoms with E-state index in [9.17, 15) is 4.79 Å². The quantitative estimate of drug-likeness (QED) is 0.512. The maximum atomic E-state index is 12.1. The first kappa shape index (κ1) is 19.5. The predicted octanol–water partition coefficient (Wildman–Crippen LogP) is 4.19. The number of carbonyl (C=O) groups excluding carboxylic acids is 1. The third-order valence-corrected chi connectivity index (χ3v) is 5.02. The number of hydrogen-bond acceptors (Lipinski definition) is 4. The summed E-state index contributed by atoms with van der Waals surface area (Å²) in [7, 11) is 0. The van der Waals surface area contributed by atoms with Crippen LogP contribution in [0.4, 0.5) is 17.1 Å². The highest BCUT2D eigenvalue weighted by Crippen LogP contribution is 2.22. The number of nitrogen functional groups attached to an aromatic ring is 1. The van der Waals surface area contributed by atoms with E-state index in [1.54, 1.807) is 6.20 Å². The second kappa shape index (κ2) is 9.15. The summed E-state index contributed by atoms with van der Waals surface area (Å²) in [6, 6.07) is 19.5. The average molecular weight is 396 g/mol. The number of rotatable bonds is 4. The van der Waals surface area contributed by atoms with Crippen molar-refractivity contribution >= 4 is 23.0 Å². The maximum Gasteiger partial charge on any atom is 0.226 e. The largest absolute Gasteiger partial charge is 0.399 e. The summed E-state index contributed by atoms with van der Waals surface area (Å²) in [6.07, 6.45) is 4.43. The number of nitrogens with one attached hydrogen (secondary N) is 1. The summed E-state index contributed by atoms with van der Waals surface area (Å²) < 4.78 is 0. The molecular formula is C25H24N4O. The van der Waals surface area contributed by atoms with Gasteiger partial charge in [-0.3, -0.25) is 4.79 Å². The van der Waals surface area contributed by atoms with Crippen LogP contribution < -0.4 is 16.0 Å². The van der Waals surface area contributed by atoms with Gasteiger partial charge in [-0.25, -0.2) is 4.98 Å². The van der Waals surface area contributed by atoms with Crippen LogP contribution in [-0.2, 0) is 11.3 Å². The number of hydrogen-bond donors (Lipinski definition) is 2. The molecule has 0 unspecified atom stereocenters. The highest BCUT2D eigenvalue weighted by molar-refractivity contribution is 5.93. The van der Waals surface area contributed by atoms with Gasteiger partial charge in [0.05, 0.1) is 0 Å². The van der Waals surface area contributed by atoms with Gasteiger partial charge in [-0.2, -0.15) is 0 Å². The van der Waals surface area contributed by atoms with Crippen molar-refractivity contribution in [2.45, 2.75) is 25.8 Å². The Balaban J connectivity index is 1.42. The fourth-order valence-corrected chi connectivity index (χ4v) is 3.48. The molecule has 1 fully saturated rings. The Morgan fingerprint density at radius 2 is 1.90 bits per heavy atom. The van der Waals surface area contributed by atoms with Gasteiger partial charge in [0.2, 0.25) is 5.91 Å². The Bertz CT molecular complexity index is 1080. The predicted molar refractivity (Wildman–Crippen MR) is 121 cm³/mol. The number of aromatic nitrogens is 1. The minimum absolute atomic E-state index is 0.214. The van der Waals surface area contributed by atoms with Gasteiger partial charge < -0.3 is 16.0 Å². The summed E-state index contributed by atoms with van der Waals surface area (Å²) >= 11 is 0. The lowest BCUT2D eigenvalue weighted by Crippen LogP contribution is -2.35. The highest BCUT2D eigenvalue weighted by atomic mass is 16.2. The third-order valence-electron chi connectivity index (χ3n) is 5.02. The molecular weight excluding hydrogens is 372 g/mol. The molecule has 2 heterocycles. The van der Waals surface area contributed by atoms with E-state index in [4.69, 9.17) is 5.73 Å². The minimum Gasteiger partial charge on any atom is -0.399 e. The standard InChI is InChI=1S/C25H24N4O/c26-21-15-20(7-10-22-5-1-3-13-27-22)16-23(17-21)28-18-19-8-11-24(12-9-19)29-14-4-2-6-25(29)30/h1,3,5,8-9,11-13,15-17,28H,2,4,6,14,18,26H2. The lowest BCUT2D eigenvalue weighted by molar-refractivity contribution is -0.119. The van der Waals surface area contributed by atoms with Gasteiger partial charge in [0.25, 0.3) is 0 Å². The van der Waals surface area contributed by atoms with Crippen LogP contribution in [-0.4, -0.2) is 17.4 Å². The number of anilines is 3. The van der Waals surface area contributed by atoms with Crippen LogP contribution in [0.2, 0.25) is 0 Å². The van der Waals surface area contributed by atoms with Crippen LogP contribution in [0.5, 0.6) is 0 Å². The van der Waals surface area contributed by atoms with Gasteiger partial charge in [0.1, 0.15) is 5.69 Å². The van der Waals surface area contributed by atoms with Crippen molar-refractivity contribution in [3.63, 3.8) is 0 Å². The molecule has 0 bridgehead atoms. The zero-order valence-corrected chi connectivity index (χ0v) is 16.8. The summed E-state index contributed by atoms with van der Waals surface area (Å²) in [5.74, 6) is 6.39. The van der Waals surface area contributed by atoms with E-state index < -0.39 is 0 Å². The minimum atomic E-state index is 0.214. The molecule has 0 atom stereocenters. The Labute approximate surface area is 176 Å². The number of amides is 1. The van der Waals surface area contributed by atoms with E-state index in [1.807, 2.05) is 53.4 Å². The second-order valence-electron chi connectivity index (χ2n) is 7.33. The van der Waals surface area contributed by atoms with Crippen molar-refractivity contribution in [1.29, 1.82) is 0 Å². The van der Waals surface area contributed by atoms with E-state index >= 15 is 0 Å². The molecule has 5 nitrogen and oxygen atoms in total. The number of nitrogens with zero attached hydrogens (tertiary/aromatic N) is 2. The van der Waals surface area contributed by atoms with Crippen LogP contribution in [0.1, 0.15) is 36.1 Å². The molecule has 150 valence electrons. The van der Waals surface area contributed by atoms with Crippen LogP contribution in [0, 0.1) is 11.8 Å². The average Bonchev–Trinajstić information content (AvgIpc) is 2.77. The number of benzene rings is 2. The second-order valence-corrected chi connectivity index (χ2v) is 7.33. The molecule has 1 aliphatic heterocycles.